The van der Waals surface area contributed by atoms with Crippen LogP contribution in [0, 0.1) is 0 Å². The van der Waals surface area contributed by atoms with Gasteiger partial charge in [0.05, 0.1) is 26.9 Å². The third-order valence-corrected chi connectivity index (χ3v) is 5.33. The molecule has 1 aromatic heterocycles. The Morgan fingerprint density at radius 2 is 1.75 bits per heavy atom. The maximum absolute atomic E-state index is 12.7. The fourth-order valence-corrected chi connectivity index (χ4v) is 3.68. The number of halogens is 1. The molecule has 0 aliphatic carbocycles. The molecule has 8 heteroatoms. The summed E-state index contributed by atoms with van der Waals surface area (Å²) < 4.78 is 15.8. The summed E-state index contributed by atoms with van der Waals surface area (Å²) in [5.74, 6) is 0.943. The predicted molar refractivity (Wildman–Crippen MR) is 110 cm³/mol. The van der Waals surface area contributed by atoms with Crippen LogP contribution < -0.4 is 19.5 Å². The number of methoxy groups -OCH3 is 3. The van der Waals surface area contributed by atoms with Crippen LogP contribution in [0.1, 0.15) is 20.8 Å². The summed E-state index contributed by atoms with van der Waals surface area (Å²) in [6.07, 6.45) is 2.38. The molecule has 3 aromatic rings. The molecule has 1 N–H and O–H groups in total. The molecule has 146 valence electrons. The Morgan fingerprint density at radius 1 is 1.07 bits per heavy atom. The summed E-state index contributed by atoms with van der Waals surface area (Å²) in [5.41, 5.74) is 1.33. The van der Waals surface area contributed by atoms with Gasteiger partial charge in [-0.2, -0.15) is 0 Å². The van der Waals surface area contributed by atoms with Crippen molar-refractivity contribution < 1.29 is 19.0 Å². The van der Waals surface area contributed by atoms with Crippen molar-refractivity contribution in [2.45, 2.75) is 6.42 Å². The van der Waals surface area contributed by atoms with E-state index in [2.05, 4.69) is 10.3 Å². The van der Waals surface area contributed by atoms with Gasteiger partial charge in [0, 0.05) is 34.7 Å². The molecule has 0 aliphatic heterocycles. The van der Waals surface area contributed by atoms with Gasteiger partial charge in [-0.15, -0.1) is 11.3 Å². The molecule has 0 bridgehead atoms. The minimum atomic E-state index is -0.351. The Kier molecular flexibility index (Phi) is 6.38. The molecule has 0 atom stereocenters. The van der Waals surface area contributed by atoms with Gasteiger partial charge in [0.15, 0.2) is 16.6 Å². The molecule has 0 fully saturated rings. The Bertz CT molecular complexity index is 990. The Morgan fingerprint density at radius 3 is 2.43 bits per heavy atom. The third-order valence-electron chi connectivity index (χ3n) is 4.05. The van der Waals surface area contributed by atoms with Crippen LogP contribution in [0.5, 0.6) is 17.2 Å². The van der Waals surface area contributed by atoms with Gasteiger partial charge in [0.2, 0.25) is 0 Å². The first-order chi connectivity index (χ1) is 13.5. The second-order valence-corrected chi connectivity index (χ2v) is 7.28. The average Bonchev–Trinajstić information content (AvgIpc) is 3.15. The molecule has 0 unspecified atom stereocenters. The number of thiazole rings is 1. The molecule has 0 spiro atoms. The van der Waals surface area contributed by atoms with E-state index in [1.54, 1.807) is 18.3 Å². The van der Waals surface area contributed by atoms with Gasteiger partial charge in [-0.1, -0.05) is 29.8 Å². The zero-order chi connectivity index (χ0) is 20.1. The number of carbonyl (C=O) groups excluding carboxylic acids is 1. The molecule has 2 aromatic carbocycles. The first-order valence-corrected chi connectivity index (χ1v) is 9.54. The lowest BCUT2D eigenvalue weighted by atomic mass is 10.1. The molecule has 0 saturated carbocycles. The Labute approximate surface area is 172 Å². The quantitative estimate of drug-likeness (QED) is 0.604. The highest BCUT2D eigenvalue weighted by molar-refractivity contribution is 7.15. The second kappa shape index (κ2) is 8.95. The summed E-state index contributed by atoms with van der Waals surface area (Å²) >= 11 is 7.60. The zero-order valence-corrected chi connectivity index (χ0v) is 17.2. The summed E-state index contributed by atoms with van der Waals surface area (Å²) in [6, 6.07) is 10.8. The third kappa shape index (κ3) is 4.37. The Hall–Kier alpha value is -2.77. The van der Waals surface area contributed by atoms with Crippen molar-refractivity contribution in [3.05, 3.63) is 63.6 Å². The van der Waals surface area contributed by atoms with Gasteiger partial charge >= 0.3 is 0 Å². The molecule has 6 nitrogen and oxygen atoms in total. The minimum absolute atomic E-state index is 0.322. The number of hydrogen-bond acceptors (Lipinski definition) is 6. The van der Waals surface area contributed by atoms with Gasteiger partial charge in [0.1, 0.15) is 5.75 Å². The molecule has 1 heterocycles. The van der Waals surface area contributed by atoms with Gasteiger partial charge in [-0.25, -0.2) is 4.98 Å². The largest absolute Gasteiger partial charge is 0.496 e. The molecule has 0 aliphatic rings. The van der Waals surface area contributed by atoms with Crippen LogP contribution in [0.2, 0.25) is 5.02 Å². The summed E-state index contributed by atoms with van der Waals surface area (Å²) in [5, 5.41) is 4.00. The number of nitrogens with one attached hydrogen (secondary N) is 1. The average molecular weight is 419 g/mol. The predicted octanol–water partition coefficient (Wildman–Crippen LogP) is 4.67. The molecule has 0 radical (unpaired) electrons. The van der Waals surface area contributed by atoms with Crippen LogP contribution >= 0.6 is 22.9 Å². The number of anilines is 1. The first kappa shape index (κ1) is 20.0. The van der Waals surface area contributed by atoms with E-state index in [9.17, 15) is 4.79 Å². The van der Waals surface area contributed by atoms with Gasteiger partial charge < -0.3 is 14.2 Å². The highest BCUT2D eigenvalue weighted by atomic mass is 35.5. The normalized spacial score (nSPS) is 10.4. The van der Waals surface area contributed by atoms with E-state index in [4.69, 9.17) is 25.8 Å². The van der Waals surface area contributed by atoms with Crippen molar-refractivity contribution >= 4 is 34.0 Å². The lowest BCUT2D eigenvalue weighted by Crippen LogP contribution is -2.13. The van der Waals surface area contributed by atoms with Crippen LogP contribution in [0.15, 0.2) is 42.6 Å². The second-order valence-electron chi connectivity index (χ2n) is 5.76. The highest BCUT2D eigenvalue weighted by Crippen LogP contribution is 2.35. The van der Waals surface area contributed by atoms with Crippen molar-refractivity contribution in [2.24, 2.45) is 0 Å². The van der Waals surface area contributed by atoms with E-state index >= 15 is 0 Å². The number of aromatic nitrogens is 1. The molecule has 1 amide bonds. The van der Waals surface area contributed by atoms with E-state index in [0.29, 0.717) is 39.4 Å². The summed E-state index contributed by atoms with van der Waals surface area (Å²) in [6.45, 7) is 0. The number of nitrogens with zero attached hydrogens (tertiary/aromatic N) is 1. The van der Waals surface area contributed by atoms with E-state index in [-0.39, 0.29) is 5.91 Å². The molecule has 3 rings (SSSR count). The van der Waals surface area contributed by atoms with Crippen molar-refractivity contribution in [3.8, 4) is 17.2 Å². The maximum Gasteiger partial charge on any atom is 0.261 e. The van der Waals surface area contributed by atoms with Crippen molar-refractivity contribution in [1.82, 2.24) is 4.98 Å². The van der Waals surface area contributed by atoms with Crippen molar-refractivity contribution in [2.75, 3.05) is 26.6 Å². The van der Waals surface area contributed by atoms with E-state index in [0.717, 1.165) is 10.4 Å². The molecule has 28 heavy (non-hydrogen) atoms. The van der Waals surface area contributed by atoms with Crippen LogP contribution in [0.25, 0.3) is 0 Å². The van der Waals surface area contributed by atoms with Crippen molar-refractivity contribution in [1.29, 1.82) is 0 Å². The van der Waals surface area contributed by atoms with Gasteiger partial charge in [-0.05, 0) is 11.6 Å². The summed E-state index contributed by atoms with van der Waals surface area (Å²) in [7, 11) is 4.52. The zero-order valence-electron chi connectivity index (χ0n) is 15.6. The number of amides is 1. The fraction of sp³-hybridized carbons (Fsp3) is 0.200. The van der Waals surface area contributed by atoms with Crippen LogP contribution in [0.3, 0.4) is 0 Å². The first-order valence-electron chi connectivity index (χ1n) is 8.35. The fourth-order valence-electron chi connectivity index (χ4n) is 2.65. The van der Waals surface area contributed by atoms with Crippen LogP contribution in [0.4, 0.5) is 5.13 Å². The maximum atomic E-state index is 12.7. The standard InChI is InChI=1S/C20H19ClN2O4S/c1-25-16-10-18(27-3)17(26-2)9-14(16)19(24)23-20-22-11-13(28-20)8-12-6-4-5-7-15(12)21/h4-7,9-11H,8H2,1-3H3,(H,22,23,24). The summed E-state index contributed by atoms with van der Waals surface area (Å²) in [4.78, 5) is 18.0. The number of carbonyl (C=O) groups is 1. The van der Waals surface area contributed by atoms with E-state index in [1.165, 1.54) is 32.7 Å². The van der Waals surface area contributed by atoms with Crippen molar-refractivity contribution in [3.63, 3.8) is 0 Å². The number of ether oxygens (including phenoxy) is 3. The van der Waals surface area contributed by atoms with E-state index < -0.39 is 0 Å². The minimum Gasteiger partial charge on any atom is -0.496 e. The smallest absolute Gasteiger partial charge is 0.261 e. The monoisotopic (exact) mass is 418 g/mol. The molecule has 0 saturated heterocycles. The number of benzene rings is 2. The Balaban J connectivity index is 1.78. The molecular weight excluding hydrogens is 400 g/mol. The lowest BCUT2D eigenvalue weighted by molar-refractivity contribution is 0.102. The van der Waals surface area contributed by atoms with Crippen LogP contribution in [-0.4, -0.2) is 32.2 Å². The van der Waals surface area contributed by atoms with E-state index in [1.807, 2.05) is 24.3 Å². The highest BCUT2D eigenvalue weighted by Gasteiger charge is 2.19. The number of hydrogen-bond donors (Lipinski definition) is 1. The lowest BCUT2D eigenvalue weighted by Gasteiger charge is -2.13. The van der Waals surface area contributed by atoms with Crippen LogP contribution in [-0.2, 0) is 6.42 Å². The van der Waals surface area contributed by atoms with Gasteiger partial charge in [-0.3, -0.25) is 10.1 Å². The molecular formula is C20H19ClN2O4S. The topological polar surface area (TPSA) is 69.7 Å². The SMILES string of the molecule is COc1cc(OC)c(C(=O)Nc2ncc(Cc3ccccc3Cl)s2)cc1OC. The van der Waals surface area contributed by atoms with Gasteiger partial charge in [0.25, 0.3) is 5.91 Å². The number of rotatable bonds is 7.